The van der Waals surface area contributed by atoms with E-state index < -0.39 is 28.8 Å². The molecular weight excluding hydrogens is 439 g/mol. The van der Waals surface area contributed by atoms with Crippen molar-refractivity contribution >= 4 is 56.9 Å². The molecule has 6 nitrogen and oxygen atoms in total. The van der Waals surface area contributed by atoms with Crippen molar-refractivity contribution in [2.45, 2.75) is 25.3 Å². The van der Waals surface area contributed by atoms with Crippen LogP contribution in [0.2, 0.25) is 10.0 Å². The molecule has 0 aliphatic rings. The molecule has 0 heterocycles. The fourth-order valence-corrected chi connectivity index (χ4v) is 2.89. The molecule has 0 spiro atoms. The van der Waals surface area contributed by atoms with Gasteiger partial charge in [-0.15, -0.1) is 0 Å². The summed E-state index contributed by atoms with van der Waals surface area (Å²) in [5, 5.41) is -0.319. The van der Waals surface area contributed by atoms with Crippen LogP contribution in [0.5, 0.6) is 5.75 Å². The molecule has 0 aliphatic heterocycles. The van der Waals surface area contributed by atoms with Crippen molar-refractivity contribution in [1.29, 1.82) is 0 Å². The molecule has 0 fully saturated rings. The molecule has 138 valence electrons. The maximum absolute atomic E-state index is 12.5. The van der Waals surface area contributed by atoms with Gasteiger partial charge >= 0.3 is 11.9 Å². The highest BCUT2D eigenvalue weighted by Gasteiger charge is 2.35. The number of benzene rings is 1. The van der Waals surface area contributed by atoms with Gasteiger partial charge in [0, 0.05) is 5.02 Å². The molecule has 0 saturated carbocycles. The molecule has 0 aromatic heterocycles. The van der Waals surface area contributed by atoms with Crippen LogP contribution < -0.4 is 4.74 Å². The van der Waals surface area contributed by atoms with E-state index in [1.807, 2.05) is 0 Å². The average Bonchev–Trinajstić information content (AvgIpc) is 2.54. The lowest BCUT2D eigenvalue weighted by Gasteiger charge is -2.25. The van der Waals surface area contributed by atoms with Gasteiger partial charge in [-0.25, -0.2) is 0 Å². The summed E-state index contributed by atoms with van der Waals surface area (Å²) in [6.45, 7) is 2.95. The molecule has 1 aromatic carbocycles. The second kappa shape index (κ2) is 9.40. The van der Waals surface area contributed by atoms with Crippen LogP contribution in [0.1, 0.15) is 20.3 Å². The summed E-state index contributed by atoms with van der Waals surface area (Å²) in [6, 6.07) is 4.60. The van der Waals surface area contributed by atoms with Gasteiger partial charge in [-0.2, -0.15) is 0 Å². The van der Waals surface area contributed by atoms with E-state index in [0.29, 0.717) is 5.02 Å². The molecule has 0 N–H and O–H groups in total. The van der Waals surface area contributed by atoms with E-state index in [4.69, 9.17) is 32.7 Å². The predicted molar refractivity (Wildman–Crippen MR) is 96.2 cm³/mol. The fraction of sp³-hybridized carbons (Fsp3) is 0.438. The normalized spacial score (nSPS) is 12.2. The maximum atomic E-state index is 12.5. The van der Waals surface area contributed by atoms with Crippen LogP contribution >= 0.6 is 39.1 Å². The van der Waals surface area contributed by atoms with Crippen molar-refractivity contribution in [3.63, 3.8) is 0 Å². The van der Waals surface area contributed by atoms with Gasteiger partial charge in [-0.05, 0) is 48.0 Å². The van der Waals surface area contributed by atoms with Crippen molar-refractivity contribution < 1.29 is 28.6 Å². The zero-order valence-corrected chi connectivity index (χ0v) is 16.9. The summed E-state index contributed by atoms with van der Waals surface area (Å²) in [5.74, 6) is -1.59. The van der Waals surface area contributed by atoms with Crippen molar-refractivity contribution in [1.82, 2.24) is 0 Å². The highest BCUT2D eigenvalue weighted by molar-refractivity contribution is 9.09. The molecule has 1 aromatic rings. The molecule has 0 aliphatic carbocycles. The quantitative estimate of drug-likeness (QED) is 0.337. The number of esters is 2. The van der Waals surface area contributed by atoms with Gasteiger partial charge in [0.15, 0.2) is 5.78 Å². The summed E-state index contributed by atoms with van der Waals surface area (Å²) in [5.41, 5.74) is -1.06. The summed E-state index contributed by atoms with van der Waals surface area (Å²) < 4.78 is 14.8. The number of hydrogen-bond donors (Lipinski definition) is 0. The van der Waals surface area contributed by atoms with E-state index in [-0.39, 0.29) is 23.2 Å². The number of alkyl halides is 1. The largest absolute Gasteiger partial charge is 0.470 e. The van der Waals surface area contributed by atoms with Crippen LogP contribution in [0.25, 0.3) is 0 Å². The monoisotopic (exact) mass is 454 g/mol. The van der Waals surface area contributed by atoms with E-state index in [1.165, 1.54) is 12.1 Å². The average molecular weight is 456 g/mol. The standard InChI is InChI=1S/C16H17BrCl2O6/c1-16(2,8-24-13(21)7-12(20)23-3)14(22)15(17)25-11-5-4-9(18)6-10(11)19/h4-6,15H,7-8H2,1-3H3. The Morgan fingerprint density at radius 1 is 1.20 bits per heavy atom. The molecule has 0 saturated heterocycles. The summed E-state index contributed by atoms with van der Waals surface area (Å²) in [7, 11) is 1.16. The molecule has 0 radical (unpaired) electrons. The third-order valence-corrected chi connectivity index (χ3v) is 4.24. The third-order valence-electron chi connectivity index (χ3n) is 3.11. The minimum Gasteiger partial charge on any atom is -0.470 e. The molecule has 1 unspecified atom stereocenters. The number of methoxy groups -OCH3 is 1. The highest BCUT2D eigenvalue weighted by Crippen LogP contribution is 2.31. The summed E-state index contributed by atoms with van der Waals surface area (Å²) in [6.07, 6.45) is -0.518. The SMILES string of the molecule is COC(=O)CC(=O)OCC(C)(C)C(=O)C(Br)Oc1ccc(Cl)cc1Cl. The number of ketones is 1. The van der Waals surface area contributed by atoms with Gasteiger partial charge in [0.1, 0.15) is 18.8 Å². The van der Waals surface area contributed by atoms with Crippen molar-refractivity contribution in [3.05, 3.63) is 28.2 Å². The Morgan fingerprint density at radius 3 is 2.40 bits per heavy atom. The van der Waals surface area contributed by atoms with Crippen LogP contribution in [0, 0.1) is 5.41 Å². The number of halogens is 3. The second-order valence-corrected chi connectivity index (χ2v) is 7.35. The van der Waals surface area contributed by atoms with Crippen molar-refractivity contribution in [2.75, 3.05) is 13.7 Å². The van der Waals surface area contributed by atoms with Gasteiger partial charge < -0.3 is 14.2 Å². The first-order valence-electron chi connectivity index (χ1n) is 7.09. The number of Topliss-reactive ketones (excluding diaryl/α,β-unsaturated/α-hetero) is 1. The summed E-state index contributed by atoms with van der Waals surface area (Å²) in [4.78, 5) is 35.0. The van der Waals surface area contributed by atoms with Crippen LogP contribution in [0.3, 0.4) is 0 Å². The molecule has 0 amide bonds. The van der Waals surface area contributed by atoms with Crippen LogP contribution in [-0.4, -0.2) is 36.5 Å². The zero-order chi connectivity index (χ0) is 19.2. The lowest BCUT2D eigenvalue weighted by molar-refractivity contribution is -0.156. The Hall–Kier alpha value is -1.31. The van der Waals surface area contributed by atoms with Crippen LogP contribution in [0.4, 0.5) is 0 Å². The Labute approximate surface area is 163 Å². The smallest absolute Gasteiger partial charge is 0.317 e. The zero-order valence-electron chi connectivity index (χ0n) is 13.8. The summed E-state index contributed by atoms with van der Waals surface area (Å²) >= 11 is 15.0. The number of carbonyl (C=O) groups excluding carboxylic acids is 3. The van der Waals surface area contributed by atoms with Gasteiger partial charge in [-0.1, -0.05) is 23.2 Å². The number of carbonyl (C=O) groups is 3. The fourth-order valence-electron chi connectivity index (χ4n) is 1.62. The van der Waals surface area contributed by atoms with E-state index >= 15 is 0 Å². The minimum atomic E-state index is -1.06. The molecule has 9 heteroatoms. The topological polar surface area (TPSA) is 78.9 Å². The lowest BCUT2D eigenvalue weighted by atomic mass is 9.89. The van der Waals surface area contributed by atoms with Gasteiger partial charge in [-0.3, -0.25) is 14.4 Å². The van der Waals surface area contributed by atoms with Gasteiger partial charge in [0.05, 0.1) is 17.5 Å². The third kappa shape index (κ3) is 6.84. The number of hydrogen-bond acceptors (Lipinski definition) is 6. The van der Waals surface area contributed by atoms with Crippen molar-refractivity contribution in [3.8, 4) is 5.75 Å². The number of ether oxygens (including phenoxy) is 3. The lowest BCUT2D eigenvalue weighted by Crippen LogP contribution is -2.38. The van der Waals surface area contributed by atoms with E-state index in [0.717, 1.165) is 7.11 Å². The second-order valence-electron chi connectivity index (χ2n) is 5.67. The Balaban J connectivity index is 2.66. The minimum absolute atomic E-state index is 0.221. The molecule has 25 heavy (non-hydrogen) atoms. The number of rotatable bonds is 8. The first-order chi connectivity index (χ1) is 11.6. The van der Waals surface area contributed by atoms with Gasteiger partial charge in [0.2, 0.25) is 5.01 Å². The molecule has 1 atom stereocenters. The molecule has 1 rings (SSSR count). The van der Waals surface area contributed by atoms with E-state index in [9.17, 15) is 14.4 Å². The molecule has 0 bridgehead atoms. The highest BCUT2D eigenvalue weighted by atomic mass is 79.9. The van der Waals surface area contributed by atoms with E-state index in [1.54, 1.807) is 19.9 Å². The van der Waals surface area contributed by atoms with Gasteiger partial charge in [0.25, 0.3) is 0 Å². The first-order valence-corrected chi connectivity index (χ1v) is 8.76. The predicted octanol–water partition coefficient (Wildman–Crippen LogP) is 3.79. The molecular formula is C16H17BrCl2O6. The van der Waals surface area contributed by atoms with Crippen molar-refractivity contribution in [2.24, 2.45) is 5.41 Å². The van der Waals surface area contributed by atoms with Crippen LogP contribution in [0.15, 0.2) is 18.2 Å². The van der Waals surface area contributed by atoms with E-state index in [2.05, 4.69) is 20.7 Å². The van der Waals surface area contributed by atoms with Crippen LogP contribution in [-0.2, 0) is 23.9 Å². The maximum Gasteiger partial charge on any atom is 0.317 e. The Kier molecular flexibility index (Phi) is 8.18. The Morgan fingerprint density at radius 2 is 1.84 bits per heavy atom. The first kappa shape index (κ1) is 21.7. The Bertz CT molecular complexity index is 662.